The fourth-order valence-electron chi connectivity index (χ4n) is 2.06. The van der Waals surface area contributed by atoms with Crippen molar-refractivity contribution in [3.05, 3.63) is 34.9 Å². The number of hydrogen-bond acceptors (Lipinski definition) is 1. The molecule has 0 bridgehead atoms. The van der Waals surface area contributed by atoms with Crippen molar-refractivity contribution in [1.29, 1.82) is 0 Å². The maximum Gasteiger partial charge on any atom is 0.00789 e. The molecule has 0 amide bonds. The highest BCUT2D eigenvalue weighted by molar-refractivity contribution is 5.42. The first-order valence-corrected chi connectivity index (χ1v) is 4.96. The summed E-state index contributed by atoms with van der Waals surface area (Å²) in [6.45, 7) is 5.18. The highest BCUT2D eigenvalue weighted by Crippen LogP contribution is 2.48. The van der Waals surface area contributed by atoms with Crippen LogP contribution in [0.4, 0.5) is 0 Å². The zero-order valence-corrected chi connectivity index (χ0v) is 8.43. The van der Waals surface area contributed by atoms with Crippen LogP contribution in [0.3, 0.4) is 0 Å². The molecule has 1 aliphatic carbocycles. The average Bonchev–Trinajstić information content (AvgIpc) is 2.90. The Balaban J connectivity index is 2.46. The fraction of sp³-hybridized carbons (Fsp3) is 0.500. The van der Waals surface area contributed by atoms with Crippen LogP contribution in [0.5, 0.6) is 0 Å². The van der Waals surface area contributed by atoms with Gasteiger partial charge < -0.3 is 5.73 Å². The van der Waals surface area contributed by atoms with Gasteiger partial charge in [0.25, 0.3) is 0 Å². The summed E-state index contributed by atoms with van der Waals surface area (Å²) in [5, 5.41) is 0. The minimum atomic E-state index is 0.343. The molecule has 1 aromatic rings. The van der Waals surface area contributed by atoms with Gasteiger partial charge in [-0.2, -0.15) is 0 Å². The van der Waals surface area contributed by atoms with Crippen LogP contribution in [0.1, 0.15) is 29.5 Å². The molecule has 2 N–H and O–H groups in total. The molecule has 2 rings (SSSR count). The van der Waals surface area contributed by atoms with Crippen LogP contribution in [0, 0.1) is 13.8 Å². The number of benzene rings is 1. The predicted octanol–water partition coefficient (Wildman–Crippen LogP) is 2.29. The Labute approximate surface area is 80.0 Å². The molecule has 0 atom stereocenters. The van der Waals surface area contributed by atoms with E-state index in [4.69, 9.17) is 5.73 Å². The first-order valence-electron chi connectivity index (χ1n) is 4.96. The van der Waals surface area contributed by atoms with Crippen LogP contribution in [-0.4, -0.2) is 6.54 Å². The Morgan fingerprint density at radius 2 is 2.00 bits per heavy atom. The molecule has 0 aromatic heterocycles. The van der Waals surface area contributed by atoms with E-state index in [1.165, 1.54) is 29.5 Å². The SMILES string of the molecule is Cc1cccc(C2(CN)CC2)c1C. The van der Waals surface area contributed by atoms with Crippen LogP contribution in [0.2, 0.25) is 0 Å². The third-order valence-electron chi connectivity index (χ3n) is 3.42. The van der Waals surface area contributed by atoms with Gasteiger partial charge in [-0.1, -0.05) is 18.2 Å². The Bertz CT molecular complexity index is 324. The standard InChI is InChI=1S/C12H17N/c1-9-4-3-5-11(10(9)2)12(8-13)6-7-12/h3-5H,6-8,13H2,1-2H3. The van der Waals surface area contributed by atoms with Crippen LogP contribution < -0.4 is 5.73 Å². The lowest BCUT2D eigenvalue weighted by atomic mass is 9.90. The molecular weight excluding hydrogens is 158 g/mol. The maximum atomic E-state index is 5.82. The molecule has 0 spiro atoms. The monoisotopic (exact) mass is 175 g/mol. The molecule has 13 heavy (non-hydrogen) atoms. The third-order valence-corrected chi connectivity index (χ3v) is 3.42. The van der Waals surface area contributed by atoms with Gasteiger partial charge >= 0.3 is 0 Å². The van der Waals surface area contributed by atoms with Crippen molar-refractivity contribution in [3.63, 3.8) is 0 Å². The summed E-state index contributed by atoms with van der Waals surface area (Å²) in [5.41, 5.74) is 10.5. The lowest BCUT2D eigenvalue weighted by molar-refractivity contribution is 0.698. The maximum absolute atomic E-state index is 5.82. The van der Waals surface area contributed by atoms with E-state index in [9.17, 15) is 0 Å². The summed E-state index contributed by atoms with van der Waals surface area (Å²) >= 11 is 0. The summed E-state index contributed by atoms with van der Waals surface area (Å²) in [6, 6.07) is 6.56. The molecule has 0 radical (unpaired) electrons. The van der Waals surface area contributed by atoms with Crippen molar-refractivity contribution >= 4 is 0 Å². The molecule has 1 nitrogen and oxygen atoms in total. The number of hydrogen-bond donors (Lipinski definition) is 1. The number of nitrogens with two attached hydrogens (primary N) is 1. The molecule has 0 saturated heterocycles. The Morgan fingerprint density at radius 3 is 2.54 bits per heavy atom. The fourth-order valence-corrected chi connectivity index (χ4v) is 2.06. The van der Waals surface area contributed by atoms with E-state index in [2.05, 4.69) is 32.0 Å². The Morgan fingerprint density at radius 1 is 1.31 bits per heavy atom. The summed E-state index contributed by atoms with van der Waals surface area (Å²) in [6.07, 6.45) is 2.54. The predicted molar refractivity (Wildman–Crippen MR) is 55.9 cm³/mol. The van der Waals surface area contributed by atoms with Gasteiger partial charge in [0.1, 0.15) is 0 Å². The third kappa shape index (κ3) is 1.28. The molecule has 70 valence electrons. The van der Waals surface area contributed by atoms with Crippen molar-refractivity contribution in [2.45, 2.75) is 32.1 Å². The zero-order valence-electron chi connectivity index (χ0n) is 8.43. The van der Waals surface area contributed by atoms with Gasteiger partial charge in [-0.15, -0.1) is 0 Å². The summed E-state index contributed by atoms with van der Waals surface area (Å²) < 4.78 is 0. The molecule has 0 aliphatic heterocycles. The highest BCUT2D eigenvalue weighted by Gasteiger charge is 2.43. The first kappa shape index (κ1) is 8.76. The minimum absolute atomic E-state index is 0.343. The number of rotatable bonds is 2. The minimum Gasteiger partial charge on any atom is -0.330 e. The van der Waals surface area contributed by atoms with E-state index in [1.54, 1.807) is 0 Å². The molecule has 1 fully saturated rings. The quantitative estimate of drug-likeness (QED) is 0.733. The van der Waals surface area contributed by atoms with E-state index >= 15 is 0 Å². The van der Waals surface area contributed by atoms with E-state index < -0.39 is 0 Å². The highest BCUT2D eigenvalue weighted by atomic mass is 14.7. The average molecular weight is 175 g/mol. The summed E-state index contributed by atoms with van der Waals surface area (Å²) in [4.78, 5) is 0. The molecule has 1 saturated carbocycles. The van der Waals surface area contributed by atoms with Gasteiger partial charge in [-0.3, -0.25) is 0 Å². The second-order valence-electron chi connectivity index (χ2n) is 4.23. The topological polar surface area (TPSA) is 26.0 Å². The van der Waals surface area contributed by atoms with Gasteiger partial charge in [0.05, 0.1) is 0 Å². The van der Waals surface area contributed by atoms with Crippen LogP contribution in [0.25, 0.3) is 0 Å². The van der Waals surface area contributed by atoms with Gasteiger partial charge in [0, 0.05) is 12.0 Å². The van der Waals surface area contributed by atoms with Crippen molar-refractivity contribution in [2.75, 3.05) is 6.54 Å². The summed E-state index contributed by atoms with van der Waals surface area (Å²) in [5.74, 6) is 0. The lowest BCUT2D eigenvalue weighted by Gasteiger charge is -2.17. The molecule has 1 heteroatoms. The smallest absolute Gasteiger partial charge is 0.00789 e. The second kappa shape index (κ2) is 2.85. The lowest BCUT2D eigenvalue weighted by Crippen LogP contribution is -2.20. The van der Waals surface area contributed by atoms with E-state index in [0.29, 0.717) is 5.41 Å². The second-order valence-corrected chi connectivity index (χ2v) is 4.23. The van der Waals surface area contributed by atoms with Gasteiger partial charge in [-0.05, 0) is 43.4 Å². The van der Waals surface area contributed by atoms with Crippen molar-refractivity contribution in [2.24, 2.45) is 5.73 Å². The number of aryl methyl sites for hydroxylation is 1. The van der Waals surface area contributed by atoms with Gasteiger partial charge in [-0.25, -0.2) is 0 Å². The summed E-state index contributed by atoms with van der Waals surface area (Å²) in [7, 11) is 0. The molecule has 1 aromatic carbocycles. The van der Waals surface area contributed by atoms with E-state index in [1.807, 2.05) is 0 Å². The molecule has 1 aliphatic rings. The van der Waals surface area contributed by atoms with Crippen molar-refractivity contribution in [3.8, 4) is 0 Å². The first-order chi connectivity index (χ1) is 6.19. The van der Waals surface area contributed by atoms with Crippen LogP contribution in [0.15, 0.2) is 18.2 Å². The Kier molecular flexibility index (Phi) is 1.92. The van der Waals surface area contributed by atoms with Gasteiger partial charge in [0.15, 0.2) is 0 Å². The molecular formula is C12H17N. The van der Waals surface area contributed by atoms with E-state index in [-0.39, 0.29) is 0 Å². The van der Waals surface area contributed by atoms with Crippen molar-refractivity contribution < 1.29 is 0 Å². The largest absolute Gasteiger partial charge is 0.330 e. The van der Waals surface area contributed by atoms with Crippen LogP contribution in [-0.2, 0) is 5.41 Å². The molecule has 0 unspecified atom stereocenters. The Hall–Kier alpha value is -0.820. The van der Waals surface area contributed by atoms with Crippen molar-refractivity contribution in [1.82, 2.24) is 0 Å². The van der Waals surface area contributed by atoms with Gasteiger partial charge in [0.2, 0.25) is 0 Å². The van der Waals surface area contributed by atoms with E-state index in [0.717, 1.165) is 6.54 Å². The zero-order chi connectivity index (χ0) is 9.47. The molecule has 0 heterocycles. The van der Waals surface area contributed by atoms with Crippen LogP contribution >= 0.6 is 0 Å². The normalized spacial score (nSPS) is 18.7.